The lowest BCUT2D eigenvalue weighted by atomic mass is 9.96. The fraction of sp³-hybridized carbons (Fsp3) is 0.333. The Hall–Kier alpha value is -1.92. The molecule has 22 heavy (non-hydrogen) atoms. The summed E-state index contributed by atoms with van der Waals surface area (Å²) in [7, 11) is 0. The maximum absolute atomic E-state index is 12.9. The van der Waals surface area contributed by atoms with Gasteiger partial charge >= 0.3 is 0 Å². The second-order valence-corrected chi connectivity index (χ2v) is 5.60. The molecule has 0 saturated carbocycles. The predicted molar refractivity (Wildman–Crippen MR) is 78.9 cm³/mol. The molecule has 0 aliphatic carbocycles. The summed E-state index contributed by atoms with van der Waals surface area (Å²) < 4.78 is 17.7. The van der Waals surface area contributed by atoms with Crippen LogP contribution in [-0.2, 0) is 16.8 Å². The zero-order chi connectivity index (χ0) is 16.3. The van der Waals surface area contributed by atoms with Gasteiger partial charge in [-0.25, -0.2) is 4.39 Å². The number of nitrogens with zero attached hydrogens (tertiary/aromatic N) is 1. The van der Waals surface area contributed by atoms with Crippen molar-refractivity contribution >= 4 is 17.5 Å². The Labute approximate surface area is 132 Å². The van der Waals surface area contributed by atoms with Crippen LogP contribution in [0.3, 0.4) is 0 Å². The molecule has 5 nitrogen and oxygen atoms in total. The predicted octanol–water partition coefficient (Wildman–Crippen LogP) is 2.34. The van der Waals surface area contributed by atoms with Crippen LogP contribution in [0.1, 0.15) is 23.7 Å². The van der Waals surface area contributed by atoms with Crippen molar-refractivity contribution < 1.29 is 18.8 Å². The molecule has 0 radical (unpaired) electrons. The summed E-state index contributed by atoms with van der Waals surface area (Å²) in [5.41, 5.74) is 0.260. The molecule has 1 aromatic carbocycles. The molecule has 2 N–H and O–H groups in total. The van der Waals surface area contributed by atoms with Gasteiger partial charge in [0.1, 0.15) is 11.4 Å². The summed E-state index contributed by atoms with van der Waals surface area (Å²) in [4.78, 5) is 11.9. The van der Waals surface area contributed by atoms with Crippen molar-refractivity contribution in [2.75, 3.05) is 6.54 Å². The Morgan fingerprint density at radius 3 is 2.64 bits per heavy atom. The lowest BCUT2D eigenvalue weighted by molar-refractivity contribution is -0.121. The molecule has 0 aliphatic rings. The lowest BCUT2D eigenvalue weighted by Crippen LogP contribution is -2.39. The van der Waals surface area contributed by atoms with E-state index in [1.165, 1.54) is 31.2 Å². The van der Waals surface area contributed by atoms with E-state index in [4.69, 9.17) is 16.1 Å². The molecule has 0 spiro atoms. The van der Waals surface area contributed by atoms with Gasteiger partial charge in [-0.1, -0.05) is 17.3 Å². The average molecular weight is 327 g/mol. The third-order valence-electron chi connectivity index (χ3n) is 3.37. The summed E-state index contributed by atoms with van der Waals surface area (Å²) in [6.45, 7) is 3.21. The summed E-state index contributed by atoms with van der Waals surface area (Å²) in [6.07, 6.45) is 0.00760. The van der Waals surface area contributed by atoms with Crippen molar-refractivity contribution in [3.8, 4) is 0 Å². The van der Waals surface area contributed by atoms with Crippen LogP contribution >= 0.6 is 11.6 Å². The summed E-state index contributed by atoms with van der Waals surface area (Å²) in [6, 6.07) is 5.46. The highest BCUT2D eigenvalue weighted by atomic mass is 35.5. The van der Waals surface area contributed by atoms with Gasteiger partial charge in [0.2, 0.25) is 11.1 Å². The van der Waals surface area contributed by atoms with Crippen molar-refractivity contribution in [1.29, 1.82) is 0 Å². The molecule has 1 amide bonds. The van der Waals surface area contributed by atoms with Crippen LogP contribution in [0, 0.1) is 12.7 Å². The van der Waals surface area contributed by atoms with E-state index in [1.54, 1.807) is 6.92 Å². The first-order valence-electron chi connectivity index (χ1n) is 6.65. The van der Waals surface area contributed by atoms with Crippen molar-refractivity contribution in [3.63, 3.8) is 0 Å². The van der Waals surface area contributed by atoms with E-state index in [0.29, 0.717) is 16.8 Å². The number of carbonyl (C=O) groups is 1. The number of hydrogen-bond acceptors (Lipinski definition) is 4. The molecule has 7 heteroatoms. The molecule has 0 fully saturated rings. The monoisotopic (exact) mass is 326 g/mol. The molecule has 0 saturated heterocycles. The molecule has 1 heterocycles. The number of aryl methyl sites for hydroxylation is 1. The SMILES string of the molecule is Cc1noc(Cl)c1CC(=O)NCC(C)(O)c1ccc(F)cc1. The third-order valence-corrected chi connectivity index (χ3v) is 3.67. The first-order valence-corrected chi connectivity index (χ1v) is 7.03. The van der Waals surface area contributed by atoms with E-state index < -0.39 is 5.60 Å². The number of nitrogens with one attached hydrogen (secondary N) is 1. The number of carbonyl (C=O) groups excluding carboxylic acids is 1. The fourth-order valence-electron chi connectivity index (χ4n) is 1.96. The van der Waals surface area contributed by atoms with Crippen molar-refractivity contribution in [2.45, 2.75) is 25.9 Å². The van der Waals surface area contributed by atoms with Gasteiger partial charge in [0.15, 0.2) is 0 Å². The van der Waals surface area contributed by atoms with Crippen molar-refractivity contribution in [3.05, 3.63) is 52.1 Å². The largest absolute Gasteiger partial charge is 0.384 e. The van der Waals surface area contributed by atoms with Crippen LogP contribution < -0.4 is 5.32 Å². The van der Waals surface area contributed by atoms with Gasteiger partial charge in [-0.05, 0) is 43.1 Å². The van der Waals surface area contributed by atoms with E-state index in [9.17, 15) is 14.3 Å². The quantitative estimate of drug-likeness (QED) is 0.884. The molecule has 2 aromatic rings. The summed E-state index contributed by atoms with van der Waals surface area (Å²) in [5, 5.41) is 16.7. The minimum absolute atomic E-state index is 0.00760. The Morgan fingerprint density at radius 2 is 2.09 bits per heavy atom. The maximum atomic E-state index is 12.9. The number of aliphatic hydroxyl groups is 1. The first-order chi connectivity index (χ1) is 10.3. The van der Waals surface area contributed by atoms with Gasteiger partial charge in [0, 0.05) is 5.56 Å². The fourth-order valence-corrected chi connectivity index (χ4v) is 2.20. The molecule has 1 aromatic heterocycles. The minimum Gasteiger partial charge on any atom is -0.384 e. The second kappa shape index (κ2) is 6.46. The van der Waals surface area contributed by atoms with Gasteiger partial charge < -0.3 is 14.9 Å². The highest BCUT2D eigenvalue weighted by molar-refractivity contribution is 6.29. The van der Waals surface area contributed by atoms with Crippen LogP contribution in [-0.4, -0.2) is 22.7 Å². The Bertz CT molecular complexity index is 648. The van der Waals surface area contributed by atoms with Gasteiger partial charge in [0.25, 0.3) is 0 Å². The van der Waals surface area contributed by atoms with Crippen LogP contribution in [0.5, 0.6) is 0 Å². The molecular weight excluding hydrogens is 311 g/mol. The summed E-state index contributed by atoms with van der Waals surface area (Å²) >= 11 is 5.80. The van der Waals surface area contributed by atoms with Crippen LogP contribution in [0.15, 0.2) is 28.8 Å². The van der Waals surface area contributed by atoms with Gasteiger partial charge in [-0.3, -0.25) is 4.79 Å². The van der Waals surface area contributed by atoms with Crippen molar-refractivity contribution in [1.82, 2.24) is 10.5 Å². The van der Waals surface area contributed by atoms with E-state index >= 15 is 0 Å². The van der Waals surface area contributed by atoms with E-state index in [1.807, 2.05) is 0 Å². The Balaban J connectivity index is 1.96. The lowest BCUT2D eigenvalue weighted by Gasteiger charge is -2.24. The highest BCUT2D eigenvalue weighted by Crippen LogP contribution is 2.21. The number of rotatable bonds is 5. The molecule has 0 aliphatic heterocycles. The maximum Gasteiger partial charge on any atom is 0.229 e. The van der Waals surface area contributed by atoms with E-state index in [-0.39, 0.29) is 29.9 Å². The second-order valence-electron chi connectivity index (χ2n) is 5.25. The molecule has 118 valence electrons. The number of benzene rings is 1. The highest BCUT2D eigenvalue weighted by Gasteiger charge is 2.24. The number of aromatic nitrogens is 1. The average Bonchev–Trinajstić information content (AvgIpc) is 2.78. The number of halogens is 2. The van der Waals surface area contributed by atoms with E-state index in [2.05, 4.69) is 10.5 Å². The summed E-state index contributed by atoms with van der Waals surface area (Å²) in [5.74, 6) is -0.711. The van der Waals surface area contributed by atoms with Crippen LogP contribution in [0.4, 0.5) is 4.39 Å². The zero-order valence-electron chi connectivity index (χ0n) is 12.2. The van der Waals surface area contributed by atoms with Crippen LogP contribution in [0.2, 0.25) is 5.22 Å². The molecule has 2 rings (SSSR count). The Kier molecular flexibility index (Phi) is 4.83. The van der Waals surface area contributed by atoms with Crippen molar-refractivity contribution in [2.24, 2.45) is 0 Å². The van der Waals surface area contributed by atoms with Gasteiger partial charge in [0.05, 0.1) is 18.7 Å². The number of hydrogen-bond donors (Lipinski definition) is 2. The van der Waals surface area contributed by atoms with E-state index in [0.717, 1.165) is 0 Å². The minimum atomic E-state index is -1.31. The van der Waals surface area contributed by atoms with Gasteiger partial charge in [-0.15, -0.1) is 0 Å². The standard InChI is InChI=1S/C15H16ClFN2O3/c1-9-12(14(16)22-19-9)7-13(20)18-8-15(2,21)10-3-5-11(17)6-4-10/h3-6,21H,7-8H2,1-2H3,(H,18,20). The topological polar surface area (TPSA) is 75.4 Å². The molecular formula is C15H16ClFN2O3. The molecule has 1 atom stereocenters. The normalized spacial score (nSPS) is 13.7. The molecule has 0 bridgehead atoms. The number of amides is 1. The first kappa shape index (κ1) is 16.5. The third kappa shape index (κ3) is 3.84. The van der Waals surface area contributed by atoms with Crippen LogP contribution in [0.25, 0.3) is 0 Å². The zero-order valence-corrected chi connectivity index (χ0v) is 12.9. The smallest absolute Gasteiger partial charge is 0.229 e. The van der Waals surface area contributed by atoms with Gasteiger partial charge in [-0.2, -0.15) is 0 Å². The Morgan fingerprint density at radius 1 is 1.45 bits per heavy atom. The molecule has 1 unspecified atom stereocenters.